The van der Waals surface area contributed by atoms with Crippen LogP contribution >= 0.6 is 0 Å². The molecule has 0 spiro atoms. The van der Waals surface area contributed by atoms with Crippen molar-refractivity contribution in [1.29, 1.82) is 0 Å². The Bertz CT molecular complexity index is 620. The van der Waals surface area contributed by atoms with E-state index in [2.05, 4.69) is 33.0 Å². The topological polar surface area (TPSA) is 49.3 Å². The number of hydrogen-bond donors (Lipinski definition) is 2. The van der Waals surface area contributed by atoms with Gasteiger partial charge < -0.3 is 10.4 Å². The quantitative estimate of drug-likeness (QED) is 0.561. The largest absolute Gasteiger partial charge is 0.393 e. The fourth-order valence-corrected chi connectivity index (χ4v) is 9.12. The molecular formula is C27H47NO2. The third kappa shape index (κ3) is 3.86. The van der Waals surface area contributed by atoms with Crippen LogP contribution in [-0.2, 0) is 4.79 Å². The Balaban J connectivity index is 1.42. The number of nitrogens with one attached hydrogen (secondary N) is 1. The first-order valence-electron chi connectivity index (χ1n) is 13.2. The Morgan fingerprint density at radius 1 is 1.03 bits per heavy atom. The smallest absolute Gasteiger partial charge is 0.220 e. The molecule has 3 heteroatoms. The summed E-state index contributed by atoms with van der Waals surface area (Å²) < 4.78 is 0. The first-order chi connectivity index (χ1) is 14.3. The molecule has 30 heavy (non-hydrogen) atoms. The SMILES string of the molecule is CCCNC(=O)CC[C@@H](C)C1CC[C@H]2[C@@H]3CC[C@@H]4C[C@H](O)CC[C@]4(C)[C@H]3CC[C@]12C. The van der Waals surface area contributed by atoms with Gasteiger partial charge in [0, 0.05) is 13.0 Å². The Morgan fingerprint density at radius 2 is 1.77 bits per heavy atom. The Hall–Kier alpha value is -0.570. The van der Waals surface area contributed by atoms with E-state index in [1.807, 2.05) is 0 Å². The molecule has 0 aromatic rings. The molecule has 0 saturated heterocycles. The van der Waals surface area contributed by atoms with Gasteiger partial charge in [-0.05, 0) is 117 Å². The van der Waals surface area contributed by atoms with Crippen LogP contribution in [0.15, 0.2) is 0 Å². The van der Waals surface area contributed by atoms with Crippen LogP contribution in [0.4, 0.5) is 0 Å². The maximum Gasteiger partial charge on any atom is 0.220 e. The van der Waals surface area contributed by atoms with E-state index in [1.165, 1.54) is 44.9 Å². The van der Waals surface area contributed by atoms with Crippen LogP contribution in [0.3, 0.4) is 0 Å². The molecule has 9 atom stereocenters. The van der Waals surface area contributed by atoms with E-state index in [4.69, 9.17) is 0 Å². The van der Waals surface area contributed by atoms with Crippen molar-refractivity contribution in [2.75, 3.05) is 6.54 Å². The van der Waals surface area contributed by atoms with Gasteiger partial charge in [0.15, 0.2) is 0 Å². The van der Waals surface area contributed by atoms with Gasteiger partial charge in [-0.25, -0.2) is 0 Å². The Kier molecular flexibility index (Phi) is 6.60. The minimum Gasteiger partial charge on any atom is -0.393 e. The molecule has 3 nitrogen and oxygen atoms in total. The highest BCUT2D eigenvalue weighted by atomic mass is 16.3. The van der Waals surface area contributed by atoms with Crippen molar-refractivity contribution in [3.05, 3.63) is 0 Å². The van der Waals surface area contributed by atoms with Gasteiger partial charge in [-0.2, -0.15) is 0 Å². The van der Waals surface area contributed by atoms with E-state index in [1.54, 1.807) is 0 Å². The lowest BCUT2D eigenvalue weighted by molar-refractivity contribution is -0.129. The van der Waals surface area contributed by atoms with Gasteiger partial charge in [0.2, 0.25) is 5.91 Å². The third-order valence-corrected chi connectivity index (χ3v) is 10.8. The van der Waals surface area contributed by atoms with Gasteiger partial charge in [-0.1, -0.05) is 27.7 Å². The molecule has 1 amide bonds. The van der Waals surface area contributed by atoms with Crippen molar-refractivity contribution in [3.8, 4) is 0 Å². The van der Waals surface area contributed by atoms with E-state index in [0.717, 1.165) is 61.8 Å². The molecule has 1 unspecified atom stereocenters. The van der Waals surface area contributed by atoms with E-state index in [0.29, 0.717) is 23.2 Å². The molecule has 4 aliphatic rings. The summed E-state index contributed by atoms with van der Waals surface area (Å²) in [6, 6.07) is 0. The number of aliphatic hydroxyl groups is 1. The summed E-state index contributed by atoms with van der Waals surface area (Å²) in [6.07, 6.45) is 14.4. The summed E-state index contributed by atoms with van der Waals surface area (Å²) in [5.41, 5.74) is 0.961. The lowest BCUT2D eigenvalue weighted by atomic mass is 9.44. The van der Waals surface area contributed by atoms with Crippen molar-refractivity contribution in [2.45, 2.75) is 111 Å². The predicted molar refractivity (Wildman–Crippen MR) is 123 cm³/mol. The van der Waals surface area contributed by atoms with Crippen LogP contribution in [0, 0.1) is 46.3 Å². The van der Waals surface area contributed by atoms with Crippen LogP contribution in [0.2, 0.25) is 0 Å². The fourth-order valence-electron chi connectivity index (χ4n) is 9.12. The third-order valence-electron chi connectivity index (χ3n) is 10.8. The van der Waals surface area contributed by atoms with Crippen LogP contribution in [-0.4, -0.2) is 23.7 Å². The van der Waals surface area contributed by atoms with Gasteiger partial charge in [0.05, 0.1) is 6.10 Å². The number of aliphatic hydroxyl groups excluding tert-OH is 1. The van der Waals surface area contributed by atoms with Crippen molar-refractivity contribution >= 4 is 5.91 Å². The molecule has 4 fully saturated rings. The van der Waals surface area contributed by atoms with Gasteiger partial charge in [0.1, 0.15) is 0 Å². The zero-order chi connectivity index (χ0) is 21.5. The number of carbonyl (C=O) groups is 1. The van der Waals surface area contributed by atoms with Crippen molar-refractivity contribution in [3.63, 3.8) is 0 Å². The average Bonchev–Trinajstić information content (AvgIpc) is 3.08. The van der Waals surface area contributed by atoms with E-state index in [9.17, 15) is 9.90 Å². The van der Waals surface area contributed by atoms with Gasteiger partial charge >= 0.3 is 0 Å². The molecule has 0 heterocycles. The summed E-state index contributed by atoms with van der Waals surface area (Å²) in [5, 5.41) is 13.3. The molecule has 2 N–H and O–H groups in total. The van der Waals surface area contributed by atoms with Crippen LogP contribution in [0.25, 0.3) is 0 Å². The second-order valence-corrected chi connectivity index (χ2v) is 12.2. The minimum absolute atomic E-state index is 0.0419. The number of amides is 1. The van der Waals surface area contributed by atoms with E-state index < -0.39 is 0 Å². The maximum absolute atomic E-state index is 12.1. The summed E-state index contributed by atoms with van der Waals surface area (Å²) in [5.74, 6) is 5.13. The summed E-state index contributed by atoms with van der Waals surface area (Å²) in [7, 11) is 0. The second kappa shape index (κ2) is 8.75. The number of rotatable bonds is 6. The molecule has 4 aliphatic carbocycles. The van der Waals surface area contributed by atoms with Crippen molar-refractivity contribution in [1.82, 2.24) is 5.32 Å². The lowest BCUT2D eigenvalue weighted by Gasteiger charge is -2.61. The van der Waals surface area contributed by atoms with Crippen LogP contribution in [0.5, 0.6) is 0 Å². The highest BCUT2D eigenvalue weighted by Gasteiger charge is 2.60. The standard InChI is InChI=1S/C27H47NO2/c1-5-16-28-25(30)11-6-18(2)22-9-10-23-21-8-7-19-17-20(29)12-14-26(19,3)24(21)13-15-27(22,23)4/h18-24,29H,5-17H2,1-4H3,(H,28,30)/t18-,19-,20-,21+,22?,23+,24+,26+,27-/m1/s1. The predicted octanol–water partition coefficient (Wildman–Crippen LogP) is 5.95. The highest BCUT2D eigenvalue weighted by Crippen LogP contribution is 2.68. The summed E-state index contributed by atoms with van der Waals surface area (Å²) in [6.45, 7) is 10.6. The van der Waals surface area contributed by atoms with Crippen LogP contribution < -0.4 is 5.32 Å². The zero-order valence-electron chi connectivity index (χ0n) is 20.1. The summed E-state index contributed by atoms with van der Waals surface area (Å²) in [4.78, 5) is 12.1. The van der Waals surface area contributed by atoms with Gasteiger partial charge in [0.25, 0.3) is 0 Å². The number of fused-ring (bicyclic) bond motifs is 5. The molecule has 0 aliphatic heterocycles. The molecule has 4 saturated carbocycles. The van der Waals surface area contributed by atoms with E-state index >= 15 is 0 Å². The molecule has 0 bridgehead atoms. The molecule has 0 aromatic carbocycles. The molecule has 0 aromatic heterocycles. The number of carbonyl (C=O) groups excluding carboxylic acids is 1. The molecule has 0 radical (unpaired) electrons. The molecule has 4 rings (SSSR count). The lowest BCUT2D eigenvalue weighted by Crippen LogP contribution is -2.54. The summed E-state index contributed by atoms with van der Waals surface area (Å²) >= 11 is 0. The average molecular weight is 418 g/mol. The van der Waals surface area contributed by atoms with Gasteiger partial charge in [-0.3, -0.25) is 4.79 Å². The van der Waals surface area contributed by atoms with Crippen LogP contribution in [0.1, 0.15) is 105 Å². The zero-order valence-corrected chi connectivity index (χ0v) is 20.1. The van der Waals surface area contributed by atoms with E-state index in [-0.39, 0.29) is 12.0 Å². The first-order valence-corrected chi connectivity index (χ1v) is 13.2. The molecular weight excluding hydrogens is 370 g/mol. The number of hydrogen-bond acceptors (Lipinski definition) is 2. The normalized spacial score (nSPS) is 46.4. The Labute approximate surface area is 185 Å². The monoisotopic (exact) mass is 417 g/mol. The fraction of sp³-hybridized carbons (Fsp3) is 0.963. The Morgan fingerprint density at radius 3 is 2.53 bits per heavy atom. The minimum atomic E-state index is -0.0419. The van der Waals surface area contributed by atoms with Crippen molar-refractivity contribution in [2.24, 2.45) is 46.3 Å². The van der Waals surface area contributed by atoms with Crippen molar-refractivity contribution < 1.29 is 9.90 Å². The molecule has 172 valence electrons. The first kappa shape index (κ1) is 22.6. The highest BCUT2D eigenvalue weighted by molar-refractivity contribution is 5.75. The maximum atomic E-state index is 12.1. The second-order valence-electron chi connectivity index (χ2n) is 12.2. The van der Waals surface area contributed by atoms with Gasteiger partial charge in [-0.15, -0.1) is 0 Å².